The molecular formula is C13H27Cl2N3O. The van der Waals surface area contributed by atoms with Crippen molar-refractivity contribution in [3.05, 3.63) is 0 Å². The van der Waals surface area contributed by atoms with Gasteiger partial charge >= 0.3 is 0 Å². The standard InChI is InChI=1S/C13H25N3O.2ClH/c1-9(10(2)14)13(17)15-7-11-5-6-16(8-11)12-3-4-12;;/h9-12H,3-8,14H2,1-2H3,(H,15,17);2*1H. The first-order chi connectivity index (χ1) is 8.08. The number of carbonyl (C=O) groups is 1. The van der Waals surface area contributed by atoms with Crippen molar-refractivity contribution in [3.8, 4) is 0 Å². The second kappa shape index (κ2) is 8.30. The number of hydrogen-bond donors (Lipinski definition) is 2. The normalized spacial score (nSPS) is 25.9. The van der Waals surface area contributed by atoms with Crippen molar-refractivity contribution in [1.82, 2.24) is 10.2 Å². The molecule has 0 spiro atoms. The number of hydrogen-bond acceptors (Lipinski definition) is 3. The van der Waals surface area contributed by atoms with Crippen LogP contribution in [0.3, 0.4) is 0 Å². The molecule has 0 bridgehead atoms. The molecule has 0 aromatic heterocycles. The van der Waals surface area contributed by atoms with E-state index in [1.165, 1.54) is 25.8 Å². The third-order valence-corrected chi connectivity index (χ3v) is 4.15. The van der Waals surface area contributed by atoms with Crippen LogP contribution < -0.4 is 11.1 Å². The molecule has 2 rings (SSSR count). The Kier molecular flexibility index (Phi) is 8.29. The van der Waals surface area contributed by atoms with Crippen molar-refractivity contribution in [2.75, 3.05) is 19.6 Å². The van der Waals surface area contributed by atoms with Crippen LogP contribution >= 0.6 is 24.8 Å². The van der Waals surface area contributed by atoms with Crippen molar-refractivity contribution in [3.63, 3.8) is 0 Å². The number of nitrogens with zero attached hydrogens (tertiary/aromatic N) is 1. The van der Waals surface area contributed by atoms with Crippen molar-refractivity contribution < 1.29 is 4.79 Å². The van der Waals surface area contributed by atoms with Crippen LogP contribution in [0.4, 0.5) is 0 Å². The molecule has 3 N–H and O–H groups in total. The molecule has 1 saturated heterocycles. The van der Waals surface area contributed by atoms with Crippen molar-refractivity contribution in [2.45, 2.75) is 45.2 Å². The summed E-state index contributed by atoms with van der Waals surface area (Å²) in [6.07, 6.45) is 3.98. The molecule has 114 valence electrons. The van der Waals surface area contributed by atoms with Crippen molar-refractivity contribution in [2.24, 2.45) is 17.6 Å². The van der Waals surface area contributed by atoms with Gasteiger partial charge in [0.1, 0.15) is 0 Å². The molecule has 1 saturated carbocycles. The average Bonchev–Trinajstić information content (AvgIpc) is 3.05. The van der Waals surface area contributed by atoms with Crippen LogP contribution in [0.25, 0.3) is 0 Å². The molecule has 19 heavy (non-hydrogen) atoms. The zero-order valence-corrected chi connectivity index (χ0v) is 13.4. The summed E-state index contributed by atoms with van der Waals surface area (Å²) in [7, 11) is 0. The van der Waals surface area contributed by atoms with Crippen molar-refractivity contribution in [1.29, 1.82) is 0 Å². The zero-order chi connectivity index (χ0) is 12.4. The average molecular weight is 312 g/mol. The highest BCUT2D eigenvalue weighted by Crippen LogP contribution is 2.31. The Balaban J connectivity index is 0.00000162. The Morgan fingerprint density at radius 1 is 1.32 bits per heavy atom. The molecule has 6 heteroatoms. The predicted molar refractivity (Wildman–Crippen MR) is 83.0 cm³/mol. The van der Waals surface area contributed by atoms with E-state index in [-0.39, 0.29) is 42.7 Å². The van der Waals surface area contributed by atoms with Crippen LogP contribution in [0.5, 0.6) is 0 Å². The van der Waals surface area contributed by atoms with Crippen LogP contribution in [0.15, 0.2) is 0 Å². The minimum atomic E-state index is -0.0871. The van der Waals surface area contributed by atoms with E-state index in [2.05, 4.69) is 10.2 Å². The lowest BCUT2D eigenvalue weighted by molar-refractivity contribution is -0.125. The molecule has 0 radical (unpaired) electrons. The lowest BCUT2D eigenvalue weighted by Crippen LogP contribution is -2.40. The molecule has 3 unspecified atom stereocenters. The molecule has 3 atom stereocenters. The smallest absolute Gasteiger partial charge is 0.224 e. The van der Waals surface area contributed by atoms with Gasteiger partial charge < -0.3 is 16.0 Å². The van der Waals surface area contributed by atoms with Gasteiger partial charge in [0.25, 0.3) is 0 Å². The van der Waals surface area contributed by atoms with E-state index in [4.69, 9.17) is 5.73 Å². The molecule has 1 aliphatic carbocycles. The summed E-state index contributed by atoms with van der Waals surface area (Å²) in [6.45, 7) is 6.98. The fourth-order valence-corrected chi connectivity index (χ4v) is 2.45. The molecule has 1 heterocycles. The van der Waals surface area contributed by atoms with Gasteiger partial charge in [0, 0.05) is 31.1 Å². The van der Waals surface area contributed by atoms with Crippen LogP contribution in [0, 0.1) is 11.8 Å². The van der Waals surface area contributed by atoms with E-state index in [1.807, 2.05) is 13.8 Å². The lowest BCUT2D eigenvalue weighted by atomic mass is 10.0. The topological polar surface area (TPSA) is 58.4 Å². The number of likely N-dealkylation sites (tertiary alicyclic amines) is 1. The van der Waals surface area contributed by atoms with Gasteiger partial charge in [0.05, 0.1) is 0 Å². The van der Waals surface area contributed by atoms with Gasteiger partial charge in [-0.05, 0) is 38.6 Å². The van der Waals surface area contributed by atoms with Crippen LogP contribution in [-0.4, -0.2) is 42.5 Å². The lowest BCUT2D eigenvalue weighted by Gasteiger charge is -2.18. The monoisotopic (exact) mass is 311 g/mol. The van der Waals surface area contributed by atoms with E-state index in [1.54, 1.807) is 0 Å². The molecule has 0 aromatic carbocycles. The molecule has 0 aromatic rings. The largest absolute Gasteiger partial charge is 0.355 e. The number of nitrogens with one attached hydrogen (secondary N) is 1. The number of halogens is 2. The van der Waals surface area contributed by atoms with Gasteiger partial charge in [-0.25, -0.2) is 0 Å². The predicted octanol–water partition coefficient (Wildman–Crippen LogP) is 1.41. The molecule has 4 nitrogen and oxygen atoms in total. The first-order valence-electron chi connectivity index (χ1n) is 6.85. The fourth-order valence-electron chi connectivity index (χ4n) is 2.45. The van der Waals surface area contributed by atoms with Gasteiger partial charge in [0.2, 0.25) is 5.91 Å². The Labute approximate surface area is 128 Å². The second-order valence-corrected chi connectivity index (χ2v) is 5.77. The van der Waals surface area contributed by atoms with Gasteiger partial charge in [0.15, 0.2) is 0 Å². The molecular weight excluding hydrogens is 285 g/mol. The maximum Gasteiger partial charge on any atom is 0.224 e. The summed E-state index contributed by atoms with van der Waals surface area (Å²) in [5.41, 5.74) is 5.72. The van der Waals surface area contributed by atoms with Gasteiger partial charge in [-0.1, -0.05) is 6.92 Å². The van der Waals surface area contributed by atoms with Gasteiger partial charge in [-0.3, -0.25) is 4.79 Å². The molecule has 2 aliphatic rings. The third-order valence-electron chi connectivity index (χ3n) is 4.15. The van der Waals surface area contributed by atoms with Crippen LogP contribution in [-0.2, 0) is 4.79 Å². The molecule has 1 aliphatic heterocycles. The maximum absolute atomic E-state index is 11.8. The highest BCUT2D eigenvalue weighted by Gasteiger charge is 2.34. The summed E-state index contributed by atoms with van der Waals surface area (Å²) in [5.74, 6) is 0.653. The molecule has 2 fully saturated rings. The Bertz CT molecular complexity index is 285. The highest BCUT2D eigenvalue weighted by molar-refractivity contribution is 5.85. The summed E-state index contributed by atoms with van der Waals surface area (Å²) in [4.78, 5) is 14.3. The summed E-state index contributed by atoms with van der Waals surface area (Å²) >= 11 is 0. The highest BCUT2D eigenvalue weighted by atomic mass is 35.5. The first kappa shape index (κ1) is 19.0. The summed E-state index contributed by atoms with van der Waals surface area (Å²) < 4.78 is 0. The minimum absolute atomic E-state index is 0. The van der Waals surface area contributed by atoms with E-state index >= 15 is 0 Å². The van der Waals surface area contributed by atoms with Crippen molar-refractivity contribution >= 4 is 30.7 Å². The number of amides is 1. The SMILES string of the molecule is CC(N)C(C)C(=O)NCC1CCN(C2CC2)C1.Cl.Cl. The van der Waals surface area contributed by atoms with Gasteiger partial charge in [-0.2, -0.15) is 0 Å². The van der Waals surface area contributed by atoms with E-state index in [0.717, 1.165) is 19.1 Å². The number of carbonyl (C=O) groups excluding carboxylic acids is 1. The van der Waals surface area contributed by atoms with Crippen LogP contribution in [0.2, 0.25) is 0 Å². The Hall–Kier alpha value is -0.0300. The minimum Gasteiger partial charge on any atom is -0.355 e. The zero-order valence-electron chi connectivity index (χ0n) is 11.8. The third kappa shape index (κ3) is 5.46. The molecule has 1 amide bonds. The Morgan fingerprint density at radius 3 is 2.47 bits per heavy atom. The summed E-state index contributed by atoms with van der Waals surface area (Å²) in [5, 5.41) is 3.04. The quantitative estimate of drug-likeness (QED) is 0.807. The van der Waals surface area contributed by atoms with E-state index < -0.39 is 0 Å². The Morgan fingerprint density at radius 2 is 1.95 bits per heavy atom. The number of rotatable bonds is 5. The number of nitrogens with two attached hydrogens (primary N) is 1. The first-order valence-corrected chi connectivity index (χ1v) is 6.85. The maximum atomic E-state index is 11.8. The van der Waals surface area contributed by atoms with E-state index in [0.29, 0.717) is 5.92 Å². The second-order valence-electron chi connectivity index (χ2n) is 5.77. The fraction of sp³-hybridized carbons (Fsp3) is 0.923. The summed E-state index contributed by atoms with van der Waals surface area (Å²) in [6, 6.07) is 0.792. The van der Waals surface area contributed by atoms with Gasteiger partial charge in [-0.15, -0.1) is 24.8 Å². The van der Waals surface area contributed by atoms with E-state index in [9.17, 15) is 4.79 Å². The van der Waals surface area contributed by atoms with Crippen LogP contribution in [0.1, 0.15) is 33.1 Å².